The molecule has 0 atom stereocenters. The van der Waals surface area contributed by atoms with Gasteiger partial charge in [0.2, 0.25) is 0 Å². The van der Waals surface area contributed by atoms with E-state index in [-0.39, 0.29) is 23.9 Å². The van der Waals surface area contributed by atoms with E-state index >= 15 is 0 Å². The van der Waals surface area contributed by atoms with E-state index in [4.69, 9.17) is 5.73 Å². The van der Waals surface area contributed by atoms with Crippen LogP contribution >= 0.6 is 23.7 Å². The highest BCUT2D eigenvalue weighted by Crippen LogP contribution is 2.27. The molecule has 4 N–H and O–H groups in total. The van der Waals surface area contributed by atoms with Crippen LogP contribution in [0.25, 0.3) is 0 Å². The first-order chi connectivity index (χ1) is 11.5. The van der Waals surface area contributed by atoms with Crippen LogP contribution in [0.1, 0.15) is 38.4 Å². The Bertz CT molecular complexity index is 736. The van der Waals surface area contributed by atoms with Gasteiger partial charge < -0.3 is 16.4 Å². The van der Waals surface area contributed by atoms with E-state index in [0.717, 1.165) is 18.4 Å². The third-order valence-electron chi connectivity index (χ3n) is 3.36. The Morgan fingerprint density at radius 3 is 2.64 bits per heavy atom. The summed E-state index contributed by atoms with van der Waals surface area (Å²) in [6.45, 7) is 2.98. The monoisotopic (exact) mass is 385 g/mol. The van der Waals surface area contributed by atoms with Crippen molar-refractivity contribution in [2.24, 2.45) is 5.73 Å². The fourth-order valence-corrected chi connectivity index (χ4v) is 3.12. The maximum atomic E-state index is 13.2. The lowest BCUT2D eigenvalue weighted by Crippen LogP contribution is -2.24. The number of hydrogen-bond donors (Lipinski definition) is 3. The lowest BCUT2D eigenvalue weighted by molar-refractivity contribution is 0.0955. The summed E-state index contributed by atoms with van der Waals surface area (Å²) in [4.78, 5) is 24.8. The highest BCUT2D eigenvalue weighted by Gasteiger charge is 2.15. The van der Waals surface area contributed by atoms with Crippen molar-refractivity contribution >= 4 is 40.6 Å². The number of nitrogens with one attached hydrogen (secondary N) is 2. The number of thiophene rings is 1. The molecule has 0 unspecified atom stereocenters. The van der Waals surface area contributed by atoms with Crippen LogP contribution in [0.4, 0.5) is 9.39 Å². The lowest BCUT2D eigenvalue weighted by Gasteiger charge is -2.04. The van der Waals surface area contributed by atoms with Gasteiger partial charge in [0, 0.05) is 12.1 Å². The quantitative estimate of drug-likeness (QED) is 0.639. The maximum absolute atomic E-state index is 13.2. The van der Waals surface area contributed by atoms with Crippen molar-refractivity contribution < 1.29 is 14.0 Å². The number of anilines is 1. The van der Waals surface area contributed by atoms with Crippen LogP contribution in [0.3, 0.4) is 0 Å². The van der Waals surface area contributed by atoms with Gasteiger partial charge in [-0.2, -0.15) is 0 Å². The molecule has 1 aromatic carbocycles. The van der Waals surface area contributed by atoms with E-state index < -0.39 is 11.7 Å². The average molecular weight is 386 g/mol. The molecule has 0 saturated carbocycles. The number of benzene rings is 1. The average Bonchev–Trinajstić information content (AvgIpc) is 2.92. The molecule has 0 aliphatic carbocycles. The summed E-state index contributed by atoms with van der Waals surface area (Å²) < 4.78 is 13.2. The van der Waals surface area contributed by atoms with Gasteiger partial charge in [-0.15, -0.1) is 23.7 Å². The SMILES string of the molecule is Cc1cc(NC(=O)c2cccc(F)c2)sc1C(=O)NCCCCN.Cl. The van der Waals surface area contributed by atoms with Crippen LogP contribution in [0, 0.1) is 12.7 Å². The van der Waals surface area contributed by atoms with Gasteiger partial charge in [-0.05, 0) is 56.1 Å². The normalized spacial score (nSPS) is 10.0. The van der Waals surface area contributed by atoms with E-state index in [1.807, 2.05) is 6.92 Å². The standard InChI is InChI=1S/C17H20FN3O2S.ClH/c1-11-9-14(21-16(22)12-5-4-6-13(18)10-12)24-15(11)17(23)20-8-3-2-7-19;/h4-6,9-10H,2-3,7-8,19H2,1H3,(H,20,23)(H,21,22);1H. The molecule has 0 spiro atoms. The second-order valence-electron chi connectivity index (χ2n) is 5.34. The Morgan fingerprint density at radius 2 is 1.96 bits per heavy atom. The molecule has 0 bridgehead atoms. The van der Waals surface area contributed by atoms with Crippen LogP contribution in [0.5, 0.6) is 0 Å². The first kappa shape index (κ1) is 21.1. The molecule has 0 aliphatic rings. The predicted molar refractivity (Wildman–Crippen MR) is 101 cm³/mol. The minimum atomic E-state index is -0.470. The second-order valence-corrected chi connectivity index (χ2v) is 6.39. The summed E-state index contributed by atoms with van der Waals surface area (Å²) in [5, 5.41) is 6.08. The minimum absolute atomic E-state index is 0. The number of rotatable bonds is 7. The van der Waals surface area contributed by atoms with E-state index in [1.165, 1.54) is 35.6 Å². The third kappa shape index (κ3) is 6.12. The summed E-state index contributed by atoms with van der Waals surface area (Å²) in [5.41, 5.74) is 6.43. The molecule has 0 fully saturated rings. The number of hydrogen-bond acceptors (Lipinski definition) is 4. The number of carbonyl (C=O) groups is 2. The molecular weight excluding hydrogens is 365 g/mol. The Morgan fingerprint density at radius 1 is 1.20 bits per heavy atom. The summed E-state index contributed by atoms with van der Waals surface area (Å²) in [5.74, 6) is -1.05. The molecule has 8 heteroatoms. The van der Waals surface area contributed by atoms with Crippen LogP contribution < -0.4 is 16.4 Å². The fourth-order valence-electron chi connectivity index (χ4n) is 2.13. The Kier molecular flexibility index (Phi) is 8.54. The molecule has 2 aromatic rings. The highest BCUT2D eigenvalue weighted by molar-refractivity contribution is 7.18. The molecule has 25 heavy (non-hydrogen) atoms. The molecule has 2 rings (SSSR count). The summed E-state index contributed by atoms with van der Waals surface area (Å²) in [6.07, 6.45) is 1.69. The van der Waals surface area contributed by atoms with Crippen LogP contribution in [0.15, 0.2) is 30.3 Å². The Balaban J connectivity index is 0.00000312. The first-order valence-corrected chi connectivity index (χ1v) is 8.48. The van der Waals surface area contributed by atoms with Gasteiger partial charge in [0.25, 0.3) is 11.8 Å². The fraction of sp³-hybridized carbons (Fsp3) is 0.294. The van der Waals surface area contributed by atoms with Crippen molar-refractivity contribution in [2.45, 2.75) is 19.8 Å². The van der Waals surface area contributed by atoms with E-state index in [1.54, 1.807) is 6.07 Å². The largest absolute Gasteiger partial charge is 0.351 e. The van der Waals surface area contributed by atoms with Crippen LogP contribution in [-0.2, 0) is 0 Å². The highest BCUT2D eigenvalue weighted by atomic mass is 35.5. The van der Waals surface area contributed by atoms with Crippen molar-refractivity contribution in [3.8, 4) is 0 Å². The predicted octanol–water partition coefficient (Wildman–Crippen LogP) is 3.34. The Labute approximate surface area is 156 Å². The molecule has 1 heterocycles. The smallest absolute Gasteiger partial charge is 0.261 e. The number of nitrogens with two attached hydrogens (primary N) is 1. The second kappa shape index (κ2) is 10.1. The van der Waals surface area contributed by atoms with Crippen molar-refractivity contribution in [2.75, 3.05) is 18.4 Å². The Hall–Kier alpha value is -1.96. The van der Waals surface area contributed by atoms with E-state index in [2.05, 4.69) is 10.6 Å². The van der Waals surface area contributed by atoms with Crippen molar-refractivity contribution in [1.29, 1.82) is 0 Å². The van der Waals surface area contributed by atoms with Gasteiger partial charge in [-0.3, -0.25) is 9.59 Å². The maximum Gasteiger partial charge on any atom is 0.261 e. The van der Waals surface area contributed by atoms with Crippen molar-refractivity contribution in [1.82, 2.24) is 5.32 Å². The number of aryl methyl sites for hydroxylation is 1. The van der Waals surface area contributed by atoms with Gasteiger partial charge in [0.1, 0.15) is 5.82 Å². The van der Waals surface area contributed by atoms with Gasteiger partial charge in [0.15, 0.2) is 0 Å². The van der Waals surface area contributed by atoms with Crippen LogP contribution in [0.2, 0.25) is 0 Å². The minimum Gasteiger partial charge on any atom is -0.351 e. The zero-order chi connectivity index (χ0) is 17.5. The molecular formula is C17H21ClFN3O2S. The molecule has 136 valence electrons. The molecule has 0 aliphatic heterocycles. The molecule has 0 radical (unpaired) electrons. The topological polar surface area (TPSA) is 84.2 Å². The van der Waals surface area contributed by atoms with Gasteiger partial charge in [-0.1, -0.05) is 6.07 Å². The molecule has 2 amide bonds. The summed E-state index contributed by atoms with van der Waals surface area (Å²) in [6, 6.07) is 7.19. The van der Waals surface area contributed by atoms with Crippen LogP contribution in [-0.4, -0.2) is 24.9 Å². The molecule has 1 aromatic heterocycles. The first-order valence-electron chi connectivity index (χ1n) is 7.67. The van der Waals surface area contributed by atoms with Gasteiger partial charge in [-0.25, -0.2) is 4.39 Å². The summed E-state index contributed by atoms with van der Waals surface area (Å²) >= 11 is 1.20. The number of carbonyl (C=O) groups excluding carboxylic acids is 2. The number of unbranched alkanes of at least 4 members (excludes halogenated alkanes) is 1. The zero-order valence-electron chi connectivity index (χ0n) is 13.8. The van der Waals surface area contributed by atoms with Gasteiger partial charge >= 0.3 is 0 Å². The third-order valence-corrected chi connectivity index (χ3v) is 4.52. The number of amides is 2. The lowest BCUT2D eigenvalue weighted by atomic mass is 10.2. The summed E-state index contributed by atoms with van der Waals surface area (Å²) in [7, 11) is 0. The van der Waals surface area contributed by atoms with E-state index in [0.29, 0.717) is 23.0 Å². The zero-order valence-corrected chi connectivity index (χ0v) is 15.4. The van der Waals surface area contributed by atoms with Gasteiger partial charge in [0.05, 0.1) is 9.88 Å². The molecule has 0 saturated heterocycles. The van der Waals surface area contributed by atoms with Crippen molar-refractivity contribution in [3.63, 3.8) is 0 Å². The molecule has 5 nitrogen and oxygen atoms in total. The van der Waals surface area contributed by atoms with E-state index in [9.17, 15) is 14.0 Å². The number of halogens is 2. The van der Waals surface area contributed by atoms with Crippen molar-refractivity contribution in [3.05, 3.63) is 52.2 Å².